The highest BCUT2D eigenvalue weighted by atomic mass is 19.1. The van der Waals surface area contributed by atoms with Gasteiger partial charge in [0.2, 0.25) is 5.91 Å². The van der Waals surface area contributed by atoms with Crippen molar-refractivity contribution in [1.29, 1.82) is 0 Å². The molecule has 1 heterocycles. The summed E-state index contributed by atoms with van der Waals surface area (Å²) < 4.78 is 18.5. The number of nitrogens with two attached hydrogens (primary N) is 1. The maximum absolute atomic E-state index is 13.0. The Morgan fingerprint density at radius 1 is 1.69 bits per heavy atom. The number of benzene rings is 1. The Bertz CT molecular complexity index is 422. The second-order valence-corrected chi connectivity index (χ2v) is 3.89. The molecule has 0 bridgehead atoms. The highest BCUT2D eigenvalue weighted by molar-refractivity contribution is 5.80. The van der Waals surface area contributed by atoms with Crippen molar-refractivity contribution in [2.45, 2.75) is 13.0 Å². The van der Waals surface area contributed by atoms with Gasteiger partial charge in [0, 0.05) is 6.07 Å². The molecule has 0 saturated carbocycles. The van der Waals surface area contributed by atoms with Gasteiger partial charge < -0.3 is 15.4 Å². The fourth-order valence-corrected chi connectivity index (χ4v) is 1.84. The Balaban J connectivity index is 2.34. The number of halogens is 1. The SMILES string of the molecule is C[C@H]1CN(CC(N)=O)c2ccc(F)cc2O1. The number of hydrogen-bond acceptors (Lipinski definition) is 3. The third-order valence-electron chi connectivity index (χ3n) is 2.41. The van der Waals surface area contributed by atoms with Gasteiger partial charge in [0.05, 0.1) is 18.8 Å². The molecule has 1 aromatic carbocycles. The summed E-state index contributed by atoms with van der Waals surface area (Å²) in [4.78, 5) is 12.7. The molecule has 1 aliphatic rings. The number of anilines is 1. The molecule has 86 valence electrons. The van der Waals surface area contributed by atoms with Crippen molar-refractivity contribution in [3.05, 3.63) is 24.0 Å². The standard InChI is InChI=1S/C11H13FN2O2/c1-7-5-14(6-11(13)15)9-3-2-8(12)4-10(9)16-7/h2-4,7H,5-6H2,1H3,(H2,13,15)/t7-/m0/s1. The second kappa shape index (κ2) is 4.00. The molecule has 0 aromatic heterocycles. The van der Waals surface area contributed by atoms with Crippen molar-refractivity contribution in [3.63, 3.8) is 0 Å². The third-order valence-corrected chi connectivity index (χ3v) is 2.41. The van der Waals surface area contributed by atoms with Crippen molar-refractivity contribution in [2.75, 3.05) is 18.0 Å². The zero-order valence-electron chi connectivity index (χ0n) is 8.94. The largest absolute Gasteiger partial charge is 0.487 e. The van der Waals surface area contributed by atoms with Crippen molar-refractivity contribution < 1.29 is 13.9 Å². The first-order valence-electron chi connectivity index (χ1n) is 5.05. The zero-order chi connectivity index (χ0) is 11.7. The first-order valence-corrected chi connectivity index (χ1v) is 5.05. The summed E-state index contributed by atoms with van der Waals surface area (Å²) in [6, 6.07) is 4.25. The number of hydrogen-bond donors (Lipinski definition) is 1. The van der Waals surface area contributed by atoms with Crippen LogP contribution in [0.25, 0.3) is 0 Å². The van der Waals surface area contributed by atoms with E-state index in [1.807, 2.05) is 6.92 Å². The predicted octanol–water partition coefficient (Wildman–Crippen LogP) is 0.898. The van der Waals surface area contributed by atoms with E-state index in [4.69, 9.17) is 10.5 Å². The summed E-state index contributed by atoms with van der Waals surface area (Å²) in [5.74, 6) is -0.309. The molecule has 0 spiro atoms. The number of rotatable bonds is 2. The molecule has 4 nitrogen and oxygen atoms in total. The zero-order valence-corrected chi connectivity index (χ0v) is 8.94. The van der Waals surface area contributed by atoms with Crippen molar-refractivity contribution in [2.24, 2.45) is 5.73 Å². The topological polar surface area (TPSA) is 55.6 Å². The van der Waals surface area contributed by atoms with Crippen LogP contribution in [-0.2, 0) is 4.79 Å². The number of fused-ring (bicyclic) bond motifs is 1. The van der Waals surface area contributed by atoms with E-state index in [2.05, 4.69) is 0 Å². The minimum absolute atomic E-state index is 0.0892. The number of carbonyl (C=O) groups excluding carboxylic acids is 1. The molecular formula is C11H13FN2O2. The van der Waals surface area contributed by atoms with Gasteiger partial charge in [-0.1, -0.05) is 0 Å². The lowest BCUT2D eigenvalue weighted by molar-refractivity contribution is -0.116. The van der Waals surface area contributed by atoms with Gasteiger partial charge in [-0.15, -0.1) is 0 Å². The van der Waals surface area contributed by atoms with E-state index >= 15 is 0 Å². The van der Waals surface area contributed by atoms with E-state index in [9.17, 15) is 9.18 Å². The van der Waals surface area contributed by atoms with Crippen LogP contribution in [0.5, 0.6) is 5.75 Å². The van der Waals surface area contributed by atoms with Gasteiger partial charge in [0.25, 0.3) is 0 Å². The lowest BCUT2D eigenvalue weighted by atomic mass is 10.2. The minimum atomic E-state index is -0.413. The molecule has 1 amide bonds. The summed E-state index contributed by atoms with van der Waals surface area (Å²) in [5, 5.41) is 0. The number of nitrogens with zero attached hydrogens (tertiary/aromatic N) is 1. The highest BCUT2D eigenvalue weighted by Crippen LogP contribution is 2.33. The lowest BCUT2D eigenvalue weighted by Gasteiger charge is -2.34. The Kier molecular flexibility index (Phi) is 2.68. The van der Waals surface area contributed by atoms with E-state index in [-0.39, 0.29) is 18.5 Å². The second-order valence-electron chi connectivity index (χ2n) is 3.89. The average Bonchev–Trinajstić information content (AvgIpc) is 2.15. The van der Waals surface area contributed by atoms with Crippen LogP contribution in [0.15, 0.2) is 18.2 Å². The predicted molar refractivity (Wildman–Crippen MR) is 57.9 cm³/mol. The Hall–Kier alpha value is -1.78. The van der Waals surface area contributed by atoms with E-state index in [0.29, 0.717) is 18.0 Å². The molecule has 0 saturated heterocycles. The molecule has 5 heteroatoms. The summed E-state index contributed by atoms with van der Waals surface area (Å²) >= 11 is 0. The molecule has 2 rings (SSSR count). The van der Waals surface area contributed by atoms with E-state index in [1.54, 1.807) is 11.0 Å². The van der Waals surface area contributed by atoms with Crippen molar-refractivity contribution in [1.82, 2.24) is 0 Å². The molecule has 16 heavy (non-hydrogen) atoms. The normalized spacial score (nSPS) is 18.9. The van der Waals surface area contributed by atoms with Crippen LogP contribution in [0.1, 0.15) is 6.92 Å². The van der Waals surface area contributed by atoms with Gasteiger partial charge in [0.15, 0.2) is 0 Å². The van der Waals surface area contributed by atoms with Gasteiger partial charge in [-0.3, -0.25) is 4.79 Å². The number of primary amides is 1. The first kappa shape index (κ1) is 10.7. The number of ether oxygens (including phenoxy) is 1. The Labute approximate surface area is 92.8 Å². The molecule has 1 aromatic rings. The molecule has 0 unspecified atom stereocenters. The van der Waals surface area contributed by atoms with Crippen molar-refractivity contribution in [3.8, 4) is 5.75 Å². The average molecular weight is 224 g/mol. The monoisotopic (exact) mass is 224 g/mol. The maximum atomic E-state index is 13.0. The fraction of sp³-hybridized carbons (Fsp3) is 0.364. The smallest absolute Gasteiger partial charge is 0.236 e. The summed E-state index contributed by atoms with van der Waals surface area (Å²) in [5.41, 5.74) is 5.87. The summed E-state index contributed by atoms with van der Waals surface area (Å²) in [6.45, 7) is 2.55. The van der Waals surface area contributed by atoms with Gasteiger partial charge in [-0.05, 0) is 19.1 Å². The Morgan fingerprint density at radius 3 is 3.12 bits per heavy atom. The van der Waals surface area contributed by atoms with Crippen LogP contribution in [0, 0.1) is 5.82 Å². The van der Waals surface area contributed by atoms with Crippen molar-refractivity contribution >= 4 is 11.6 Å². The fourth-order valence-electron chi connectivity index (χ4n) is 1.84. The van der Waals surface area contributed by atoms with Gasteiger partial charge in [-0.2, -0.15) is 0 Å². The lowest BCUT2D eigenvalue weighted by Crippen LogP contribution is -2.42. The number of amides is 1. The molecule has 0 aliphatic carbocycles. The molecule has 1 atom stereocenters. The van der Waals surface area contributed by atoms with Gasteiger partial charge in [-0.25, -0.2) is 4.39 Å². The third kappa shape index (κ3) is 2.08. The quantitative estimate of drug-likeness (QED) is 0.812. The molecule has 1 aliphatic heterocycles. The van der Waals surface area contributed by atoms with E-state index in [1.165, 1.54) is 12.1 Å². The molecule has 0 fully saturated rings. The van der Waals surface area contributed by atoms with Crippen LogP contribution < -0.4 is 15.4 Å². The highest BCUT2D eigenvalue weighted by Gasteiger charge is 2.24. The maximum Gasteiger partial charge on any atom is 0.236 e. The molecule has 0 radical (unpaired) electrons. The van der Waals surface area contributed by atoms with Gasteiger partial charge in [0.1, 0.15) is 17.7 Å². The van der Waals surface area contributed by atoms with Crippen LogP contribution >= 0.6 is 0 Å². The first-order chi connectivity index (χ1) is 7.56. The van der Waals surface area contributed by atoms with E-state index in [0.717, 1.165) is 0 Å². The molecule has 2 N–H and O–H groups in total. The van der Waals surface area contributed by atoms with Crippen LogP contribution in [0.2, 0.25) is 0 Å². The van der Waals surface area contributed by atoms with E-state index < -0.39 is 5.91 Å². The minimum Gasteiger partial charge on any atom is -0.487 e. The summed E-state index contributed by atoms with van der Waals surface area (Å²) in [7, 11) is 0. The van der Waals surface area contributed by atoms with Crippen LogP contribution in [0.4, 0.5) is 10.1 Å². The summed E-state index contributed by atoms with van der Waals surface area (Å²) in [6.07, 6.45) is -0.0892. The van der Waals surface area contributed by atoms with Crippen LogP contribution in [-0.4, -0.2) is 25.1 Å². The number of carbonyl (C=O) groups is 1. The van der Waals surface area contributed by atoms with Gasteiger partial charge >= 0.3 is 0 Å². The van der Waals surface area contributed by atoms with Crippen LogP contribution in [0.3, 0.4) is 0 Å². The molecular weight excluding hydrogens is 211 g/mol. The Morgan fingerprint density at radius 2 is 2.44 bits per heavy atom.